The van der Waals surface area contributed by atoms with Crippen LogP contribution < -0.4 is 5.56 Å². The van der Waals surface area contributed by atoms with Gasteiger partial charge in [-0.2, -0.15) is 5.10 Å². The number of aromatic nitrogens is 4. The molecule has 27 heavy (non-hydrogen) atoms. The van der Waals surface area contributed by atoms with Crippen molar-refractivity contribution in [1.82, 2.24) is 19.7 Å². The third kappa shape index (κ3) is 3.39. The van der Waals surface area contributed by atoms with Crippen LogP contribution in [0.5, 0.6) is 0 Å². The molecule has 0 bridgehead atoms. The number of hydrogen-bond donors (Lipinski definition) is 1. The number of H-pyrrole nitrogens is 1. The molecule has 1 N–H and O–H groups in total. The van der Waals surface area contributed by atoms with Gasteiger partial charge in [0.1, 0.15) is 11.2 Å². The molecule has 0 unspecified atom stereocenters. The van der Waals surface area contributed by atoms with E-state index in [0.29, 0.717) is 28.3 Å². The van der Waals surface area contributed by atoms with Crippen LogP contribution in [-0.2, 0) is 16.1 Å². The predicted octanol–water partition coefficient (Wildman–Crippen LogP) is 3.30. The molecule has 2 heterocycles. The third-order valence-corrected chi connectivity index (χ3v) is 6.49. The topological polar surface area (TPSA) is 97.7 Å². The molecule has 1 aromatic carbocycles. The zero-order chi connectivity index (χ0) is 19.2. The highest BCUT2D eigenvalue weighted by molar-refractivity contribution is 8.13. The van der Waals surface area contributed by atoms with Gasteiger partial charge in [0.25, 0.3) is 14.6 Å². The summed E-state index contributed by atoms with van der Waals surface area (Å²) in [5, 5.41) is 5.14. The van der Waals surface area contributed by atoms with Gasteiger partial charge in [-0.15, -0.1) is 0 Å². The fourth-order valence-electron chi connectivity index (χ4n) is 3.76. The van der Waals surface area contributed by atoms with Gasteiger partial charge in [0, 0.05) is 29.2 Å². The first-order valence-electron chi connectivity index (χ1n) is 8.86. The van der Waals surface area contributed by atoms with Crippen molar-refractivity contribution in [2.75, 3.05) is 0 Å². The summed E-state index contributed by atoms with van der Waals surface area (Å²) in [6.45, 7) is 0. The minimum absolute atomic E-state index is 0.00328. The molecule has 0 amide bonds. The van der Waals surface area contributed by atoms with Gasteiger partial charge in [0.05, 0.1) is 10.6 Å². The van der Waals surface area contributed by atoms with Crippen molar-refractivity contribution in [1.29, 1.82) is 0 Å². The highest BCUT2D eigenvalue weighted by Crippen LogP contribution is 2.34. The number of benzene rings is 1. The molecular formula is C18H19ClN4O3S. The molecule has 0 atom stereocenters. The molecule has 1 saturated carbocycles. The molecule has 3 aromatic rings. The van der Waals surface area contributed by atoms with Crippen molar-refractivity contribution < 1.29 is 8.42 Å². The maximum atomic E-state index is 12.8. The first-order valence-corrected chi connectivity index (χ1v) is 11.2. The Labute approximate surface area is 160 Å². The molecule has 1 aliphatic rings. The van der Waals surface area contributed by atoms with Gasteiger partial charge in [-0.25, -0.2) is 18.1 Å². The summed E-state index contributed by atoms with van der Waals surface area (Å²) in [5.41, 5.74) is 1.73. The van der Waals surface area contributed by atoms with E-state index >= 15 is 0 Å². The maximum Gasteiger partial charge on any atom is 0.262 e. The molecule has 9 heteroatoms. The minimum Gasteiger partial charge on any atom is -0.306 e. The van der Waals surface area contributed by atoms with E-state index in [0.717, 1.165) is 31.4 Å². The summed E-state index contributed by atoms with van der Waals surface area (Å²) in [4.78, 5) is 20.2. The lowest BCUT2D eigenvalue weighted by atomic mass is 9.86. The van der Waals surface area contributed by atoms with E-state index in [-0.39, 0.29) is 10.5 Å². The molecule has 0 saturated heterocycles. The highest BCUT2D eigenvalue weighted by atomic mass is 35.7. The second-order valence-electron chi connectivity index (χ2n) is 6.92. The predicted molar refractivity (Wildman–Crippen MR) is 103 cm³/mol. The van der Waals surface area contributed by atoms with Crippen molar-refractivity contribution in [3.63, 3.8) is 0 Å². The lowest BCUT2D eigenvalue weighted by Crippen LogP contribution is -2.13. The summed E-state index contributed by atoms with van der Waals surface area (Å²) in [6.07, 6.45) is 5.63. The number of nitrogens with one attached hydrogen (secondary N) is 1. The van der Waals surface area contributed by atoms with E-state index in [1.807, 2.05) is 0 Å². The largest absolute Gasteiger partial charge is 0.306 e. The van der Waals surface area contributed by atoms with Gasteiger partial charge in [0.2, 0.25) is 0 Å². The van der Waals surface area contributed by atoms with E-state index in [1.54, 1.807) is 23.9 Å². The molecule has 2 aromatic heterocycles. The summed E-state index contributed by atoms with van der Waals surface area (Å²) in [5.74, 6) is 0.661. The third-order valence-electron chi connectivity index (χ3n) is 5.12. The SMILES string of the molecule is Cn1nc(C2CCCCC2)c2c(=O)[nH]c(-c3ccc(S(=O)(=O)Cl)cc3)nc21. The van der Waals surface area contributed by atoms with Crippen molar-refractivity contribution >= 4 is 30.8 Å². The quantitative estimate of drug-likeness (QED) is 0.673. The minimum atomic E-state index is -3.79. The van der Waals surface area contributed by atoms with E-state index in [9.17, 15) is 13.2 Å². The number of nitrogens with zero attached hydrogens (tertiary/aromatic N) is 3. The molecule has 1 fully saturated rings. The number of rotatable bonds is 3. The summed E-state index contributed by atoms with van der Waals surface area (Å²) in [7, 11) is 3.34. The van der Waals surface area contributed by atoms with Crippen molar-refractivity contribution in [2.24, 2.45) is 7.05 Å². The average Bonchev–Trinajstić information content (AvgIpc) is 2.99. The molecule has 142 valence electrons. The van der Waals surface area contributed by atoms with Crippen LogP contribution in [0, 0.1) is 0 Å². The molecule has 1 aliphatic carbocycles. The molecule has 0 aliphatic heterocycles. The van der Waals surface area contributed by atoms with Crippen LogP contribution in [0.3, 0.4) is 0 Å². The Morgan fingerprint density at radius 3 is 2.44 bits per heavy atom. The molecule has 0 radical (unpaired) electrons. The van der Waals surface area contributed by atoms with Gasteiger partial charge < -0.3 is 4.98 Å². The lowest BCUT2D eigenvalue weighted by Gasteiger charge is -2.19. The molecule has 0 spiro atoms. The van der Waals surface area contributed by atoms with E-state index < -0.39 is 9.05 Å². The number of fused-ring (bicyclic) bond motifs is 1. The van der Waals surface area contributed by atoms with E-state index in [2.05, 4.69) is 15.1 Å². The van der Waals surface area contributed by atoms with Crippen molar-refractivity contribution in [3.05, 3.63) is 40.3 Å². The normalized spacial score (nSPS) is 16.1. The van der Waals surface area contributed by atoms with Crippen LogP contribution in [0.15, 0.2) is 34.0 Å². The van der Waals surface area contributed by atoms with Gasteiger partial charge in [0.15, 0.2) is 5.65 Å². The van der Waals surface area contributed by atoms with Crippen molar-refractivity contribution in [2.45, 2.75) is 42.9 Å². The van der Waals surface area contributed by atoms with Crippen molar-refractivity contribution in [3.8, 4) is 11.4 Å². The zero-order valence-electron chi connectivity index (χ0n) is 14.8. The number of halogens is 1. The van der Waals surface area contributed by atoms with E-state index in [1.165, 1.54) is 18.6 Å². The van der Waals surface area contributed by atoms with Crippen LogP contribution >= 0.6 is 10.7 Å². The Morgan fingerprint density at radius 2 is 1.81 bits per heavy atom. The number of hydrogen-bond acceptors (Lipinski definition) is 5. The Morgan fingerprint density at radius 1 is 1.15 bits per heavy atom. The van der Waals surface area contributed by atoms with Crippen LogP contribution in [0.4, 0.5) is 0 Å². The van der Waals surface area contributed by atoms with Gasteiger partial charge >= 0.3 is 0 Å². The average molecular weight is 407 g/mol. The lowest BCUT2D eigenvalue weighted by molar-refractivity contribution is 0.435. The van der Waals surface area contributed by atoms with Gasteiger partial charge in [-0.3, -0.25) is 4.79 Å². The highest BCUT2D eigenvalue weighted by Gasteiger charge is 2.24. The second kappa shape index (κ2) is 6.76. The fourth-order valence-corrected chi connectivity index (χ4v) is 4.53. The first-order chi connectivity index (χ1) is 12.8. The summed E-state index contributed by atoms with van der Waals surface area (Å²) >= 11 is 0. The smallest absolute Gasteiger partial charge is 0.262 e. The zero-order valence-corrected chi connectivity index (χ0v) is 16.3. The Bertz CT molecular complexity index is 1160. The van der Waals surface area contributed by atoms with Crippen LogP contribution in [0.1, 0.15) is 43.7 Å². The van der Waals surface area contributed by atoms with Crippen LogP contribution in [-0.4, -0.2) is 28.2 Å². The van der Waals surface area contributed by atoms with E-state index in [4.69, 9.17) is 10.7 Å². The summed E-state index contributed by atoms with van der Waals surface area (Å²) in [6, 6.07) is 5.91. The maximum absolute atomic E-state index is 12.8. The Kier molecular flexibility index (Phi) is 4.55. The monoisotopic (exact) mass is 406 g/mol. The van der Waals surface area contributed by atoms with Gasteiger partial charge in [-0.05, 0) is 37.1 Å². The molecule has 4 rings (SSSR count). The van der Waals surface area contributed by atoms with Crippen LogP contribution in [0.25, 0.3) is 22.4 Å². The molecular weight excluding hydrogens is 388 g/mol. The first kappa shape index (κ1) is 18.2. The second-order valence-corrected chi connectivity index (χ2v) is 9.49. The Hall–Kier alpha value is -2.19. The molecule has 7 nitrogen and oxygen atoms in total. The number of aromatic amines is 1. The standard InChI is InChI=1S/C18H19ClN4O3S/c1-23-17-14(15(22-23)11-5-3-2-4-6-11)18(24)21-16(20-17)12-7-9-13(10-8-12)27(19,25)26/h7-11H,2-6H2,1H3,(H,20,21,24). The van der Waals surface area contributed by atoms with Crippen LogP contribution in [0.2, 0.25) is 0 Å². The van der Waals surface area contributed by atoms with Gasteiger partial charge in [-0.1, -0.05) is 19.3 Å². The fraction of sp³-hybridized carbons (Fsp3) is 0.389. The number of aryl methyl sites for hydroxylation is 1. The Balaban J connectivity index is 1.80. The summed E-state index contributed by atoms with van der Waals surface area (Å²) < 4.78 is 24.4.